The molecule has 0 bridgehead atoms. The van der Waals surface area contributed by atoms with Gasteiger partial charge in [-0.25, -0.2) is 0 Å². The van der Waals surface area contributed by atoms with Crippen LogP contribution < -0.4 is 5.73 Å². The fraction of sp³-hybridized carbons (Fsp3) is 0.500. The van der Waals surface area contributed by atoms with Gasteiger partial charge < -0.3 is 5.73 Å². The molecule has 1 aromatic rings. The molecule has 0 unspecified atom stereocenters. The average molecular weight is 204 g/mol. The fourth-order valence-electron chi connectivity index (χ4n) is 1.99. The van der Waals surface area contributed by atoms with Gasteiger partial charge in [-0.1, -0.05) is 13.0 Å². The number of pyridine rings is 1. The van der Waals surface area contributed by atoms with Crippen molar-refractivity contribution >= 4 is 5.91 Å². The van der Waals surface area contributed by atoms with Crippen molar-refractivity contribution in [2.75, 3.05) is 0 Å². The zero-order chi connectivity index (χ0) is 10.9. The van der Waals surface area contributed by atoms with Crippen molar-refractivity contribution in [3.8, 4) is 0 Å². The molecule has 1 aromatic heterocycles. The summed E-state index contributed by atoms with van der Waals surface area (Å²) >= 11 is 0. The molecule has 2 N–H and O–H groups in total. The molecule has 0 radical (unpaired) electrons. The minimum absolute atomic E-state index is 0.0401. The number of carbonyl (C=O) groups is 1. The van der Waals surface area contributed by atoms with Gasteiger partial charge >= 0.3 is 0 Å². The van der Waals surface area contributed by atoms with Crippen molar-refractivity contribution in [3.63, 3.8) is 0 Å². The fourth-order valence-corrected chi connectivity index (χ4v) is 1.99. The molecule has 3 nitrogen and oxygen atoms in total. The smallest absolute Gasteiger partial charge is 0.221 e. The third kappa shape index (κ3) is 2.17. The van der Waals surface area contributed by atoms with Gasteiger partial charge in [0, 0.05) is 18.3 Å². The normalized spacial score (nSPS) is 19.5. The molecule has 2 rings (SSSR count). The van der Waals surface area contributed by atoms with E-state index >= 15 is 0 Å². The molecule has 0 aromatic carbocycles. The third-order valence-electron chi connectivity index (χ3n) is 3.39. The minimum Gasteiger partial charge on any atom is -0.369 e. The lowest BCUT2D eigenvalue weighted by atomic mass is 9.85. The second-order valence-electron chi connectivity index (χ2n) is 4.67. The van der Waals surface area contributed by atoms with E-state index in [4.69, 9.17) is 5.73 Å². The van der Waals surface area contributed by atoms with E-state index in [1.807, 2.05) is 18.3 Å². The molecule has 80 valence electrons. The lowest BCUT2D eigenvalue weighted by molar-refractivity contribution is -0.123. The summed E-state index contributed by atoms with van der Waals surface area (Å²) in [5.74, 6) is -0.222. The van der Waals surface area contributed by atoms with Crippen LogP contribution in [0.5, 0.6) is 0 Å². The second kappa shape index (κ2) is 3.65. The van der Waals surface area contributed by atoms with E-state index in [1.54, 1.807) is 6.20 Å². The van der Waals surface area contributed by atoms with Crippen LogP contribution in [0.4, 0.5) is 0 Å². The molecule has 3 heteroatoms. The van der Waals surface area contributed by atoms with Gasteiger partial charge in [0.1, 0.15) is 0 Å². The molecule has 0 spiro atoms. The Hall–Kier alpha value is -1.38. The van der Waals surface area contributed by atoms with Crippen LogP contribution in [0.3, 0.4) is 0 Å². The number of primary amides is 1. The maximum absolute atomic E-state index is 11.4. The monoisotopic (exact) mass is 204 g/mol. The predicted molar refractivity (Wildman–Crippen MR) is 58.0 cm³/mol. The van der Waals surface area contributed by atoms with Crippen LogP contribution in [0, 0.1) is 11.3 Å². The number of hydrogen-bond donors (Lipinski definition) is 1. The standard InChI is InChI=1S/C12H16N2O/c1-12(4-5-12)10(11(13)15)7-9-3-2-6-14-8-9/h2-3,6,8,10H,4-5,7H2,1H3,(H2,13,15)/t10-/m0/s1. The van der Waals surface area contributed by atoms with Crippen molar-refractivity contribution in [2.45, 2.75) is 26.2 Å². The molecule has 1 saturated carbocycles. The summed E-state index contributed by atoms with van der Waals surface area (Å²) in [6, 6.07) is 3.89. The molecule has 1 aliphatic carbocycles. The molecule has 1 amide bonds. The van der Waals surface area contributed by atoms with Gasteiger partial charge in [0.15, 0.2) is 0 Å². The Balaban J connectivity index is 2.11. The quantitative estimate of drug-likeness (QED) is 0.808. The van der Waals surface area contributed by atoms with Gasteiger partial charge in [0.25, 0.3) is 0 Å². The van der Waals surface area contributed by atoms with E-state index in [2.05, 4.69) is 11.9 Å². The summed E-state index contributed by atoms with van der Waals surface area (Å²) in [6.45, 7) is 2.14. The van der Waals surface area contributed by atoms with Crippen LogP contribution in [0.15, 0.2) is 24.5 Å². The van der Waals surface area contributed by atoms with Gasteiger partial charge in [-0.3, -0.25) is 9.78 Å². The Bertz CT molecular complexity index is 357. The first-order valence-electron chi connectivity index (χ1n) is 5.30. The van der Waals surface area contributed by atoms with Crippen molar-refractivity contribution < 1.29 is 4.79 Å². The lowest BCUT2D eigenvalue weighted by Gasteiger charge is -2.19. The summed E-state index contributed by atoms with van der Waals surface area (Å²) in [5.41, 5.74) is 6.68. The zero-order valence-electron chi connectivity index (χ0n) is 8.94. The number of nitrogens with zero attached hydrogens (tertiary/aromatic N) is 1. The highest BCUT2D eigenvalue weighted by Gasteiger charge is 2.47. The SMILES string of the molecule is CC1([C@@H](Cc2cccnc2)C(N)=O)CC1. The number of nitrogens with two attached hydrogens (primary N) is 1. The maximum Gasteiger partial charge on any atom is 0.221 e. The van der Waals surface area contributed by atoms with Crippen LogP contribution in [0.25, 0.3) is 0 Å². The summed E-state index contributed by atoms with van der Waals surface area (Å²) in [4.78, 5) is 15.4. The van der Waals surface area contributed by atoms with Crippen molar-refractivity contribution in [1.82, 2.24) is 4.98 Å². The Labute approximate surface area is 89.7 Å². The largest absolute Gasteiger partial charge is 0.369 e. The highest BCUT2D eigenvalue weighted by Crippen LogP contribution is 2.52. The second-order valence-corrected chi connectivity index (χ2v) is 4.67. The van der Waals surface area contributed by atoms with Crippen LogP contribution in [-0.2, 0) is 11.2 Å². The number of carbonyl (C=O) groups excluding carboxylic acids is 1. The van der Waals surface area contributed by atoms with E-state index in [9.17, 15) is 4.79 Å². The predicted octanol–water partition coefficient (Wildman–Crippen LogP) is 1.53. The average Bonchev–Trinajstić information content (AvgIpc) is 2.95. The molecule has 1 fully saturated rings. The van der Waals surface area contributed by atoms with Crippen LogP contribution in [0.2, 0.25) is 0 Å². The molecule has 1 atom stereocenters. The highest BCUT2D eigenvalue weighted by atomic mass is 16.1. The Morgan fingerprint density at radius 2 is 2.40 bits per heavy atom. The lowest BCUT2D eigenvalue weighted by Crippen LogP contribution is -2.31. The van der Waals surface area contributed by atoms with Gasteiger partial charge in [0.05, 0.1) is 0 Å². The van der Waals surface area contributed by atoms with Crippen molar-refractivity contribution in [3.05, 3.63) is 30.1 Å². The number of hydrogen-bond acceptors (Lipinski definition) is 2. The van der Waals surface area contributed by atoms with E-state index in [1.165, 1.54) is 0 Å². The molecular formula is C12H16N2O. The Morgan fingerprint density at radius 1 is 1.67 bits per heavy atom. The third-order valence-corrected chi connectivity index (χ3v) is 3.39. The molecule has 0 saturated heterocycles. The summed E-state index contributed by atoms with van der Waals surface area (Å²) in [5, 5.41) is 0. The van der Waals surface area contributed by atoms with E-state index in [-0.39, 0.29) is 17.2 Å². The van der Waals surface area contributed by atoms with Crippen LogP contribution >= 0.6 is 0 Å². The number of amides is 1. The van der Waals surface area contributed by atoms with Crippen LogP contribution in [0.1, 0.15) is 25.3 Å². The zero-order valence-corrected chi connectivity index (χ0v) is 8.94. The summed E-state index contributed by atoms with van der Waals surface area (Å²) < 4.78 is 0. The Morgan fingerprint density at radius 3 is 2.87 bits per heavy atom. The highest BCUT2D eigenvalue weighted by molar-refractivity contribution is 5.78. The summed E-state index contributed by atoms with van der Waals surface area (Å²) in [7, 11) is 0. The maximum atomic E-state index is 11.4. The molecule has 1 heterocycles. The van der Waals surface area contributed by atoms with Gasteiger partial charge in [-0.05, 0) is 36.3 Å². The molecule has 0 aliphatic heterocycles. The first-order chi connectivity index (χ1) is 7.12. The molecule has 15 heavy (non-hydrogen) atoms. The van der Waals surface area contributed by atoms with E-state index in [0.29, 0.717) is 0 Å². The number of rotatable bonds is 4. The first-order valence-corrected chi connectivity index (χ1v) is 5.30. The summed E-state index contributed by atoms with van der Waals surface area (Å²) in [6.07, 6.45) is 6.49. The minimum atomic E-state index is -0.182. The van der Waals surface area contributed by atoms with Gasteiger partial charge in [-0.2, -0.15) is 0 Å². The van der Waals surface area contributed by atoms with Gasteiger partial charge in [-0.15, -0.1) is 0 Å². The van der Waals surface area contributed by atoms with E-state index in [0.717, 1.165) is 24.8 Å². The number of aromatic nitrogens is 1. The van der Waals surface area contributed by atoms with Crippen molar-refractivity contribution in [2.24, 2.45) is 17.1 Å². The Kier molecular flexibility index (Phi) is 2.47. The molecule has 1 aliphatic rings. The first kappa shape index (κ1) is 10.1. The van der Waals surface area contributed by atoms with Gasteiger partial charge in [0.2, 0.25) is 5.91 Å². The molecular weight excluding hydrogens is 188 g/mol. The topological polar surface area (TPSA) is 56.0 Å². The van der Waals surface area contributed by atoms with Crippen molar-refractivity contribution in [1.29, 1.82) is 0 Å². The van der Waals surface area contributed by atoms with Crippen LogP contribution in [-0.4, -0.2) is 10.9 Å². The van der Waals surface area contributed by atoms with E-state index < -0.39 is 0 Å².